The molecule has 0 aliphatic carbocycles. The van der Waals surface area contributed by atoms with E-state index < -0.39 is 22.9 Å². The molecule has 5 heteroatoms. The number of benzene rings is 2. The van der Waals surface area contributed by atoms with E-state index >= 15 is 0 Å². The number of nitrogens with one attached hydrogen (secondary N) is 1. The molecule has 18 heavy (non-hydrogen) atoms. The van der Waals surface area contributed by atoms with Gasteiger partial charge in [0, 0.05) is 11.5 Å². The van der Waals surface area contributed by atoms with E-state index in [4.69, 9.17) is 0 Å². The van der Waals surface area contributed by atoms with E-state index in [0.29, 0.717) is 6.07 Å². The lowest BCUT2D eigenvalue weighted by Crippen LogP contribution is -2.06. The summed E-state index contributed by atoms with van der Waals surface area (Å²) in [5.74, 6) is -2.25. The van der Waals surface area contributed by atoms with Crippen molar-refractivity contribution in [2.45, 2.75) is 0 Å². The number of H-pyrrole nitrogens is 1. The Morgan fingerprint density at radius 1 is 0.889 bits per heavy atom. The molecule has 0 aliphatic rings. The monoisotopic (exact) mass is 249 g/mol. The van der Waals surface area contributed by atoms with Gasteiger partial charge in [-0.3, -0.25) is 4.79 Å². The van der Waals surface area contributed by atoms with Crippen molar-refractivity contribution < 1.29 is 13.2 Å². The average Bonchev–Trinajstić information content (AvgIpc) is 2.31. The zero-order chi connectivity index (χ0) is 12.9. The van der Waals surface area contributed by atoms with Gasteiger partial charge in [-0.1, -0.05) is 0 Å². The highest BCUT2D eigenvalue weighted by Gasteiger charge is 2.11. The Balaban J connectivity index is 2.61. The maximum absolute atomic E-state index is 13.6. The van der Waals surface area contributed by atoms with E-state index in [1.165, 1.54) is 6.07 Å². The van der Waals surface area contributed by atoms with Crippen LogP contribution in [0.3, 0.4) is 0 Å². The summed E-state index contributed by atoms with van der Waals surface area (Å²) in [5.41, 5.74) is -0.477. The number of rotatable bonds is 0. The third-order valence-electron chi connectivity index (χ3n) is 2.79. The lowest BCUT2D eigenvalue weighted by Gasteiger charge is -2.04. The second-order valence-electron chi connectivity index (χ2n) is 3.95. The van der Waals surface area contributed by atoms with Crippen molar-refractivity contribution in [3.8, 4) is 0 Å². The number of halogens is 3. The molecule has 1 aromatic heterocycles. The van der Waals surface area contributed by atoms with Crippen LogP contribution in [0.2, 0.25) is 0 Å². The highest BCUT2D eigenvalue weighted by atomic mass is 19.1. The van der Waals surface area contributed by atoms with Crippen LogP contribution in [0.15, 0.2) is 35.1 Å². The summed E-state index contributed by atoms with van der Waals surface area (Å²) in [7, 11) is 0. The summed E-state index contributed by atoms with van der Waals surface area (Å²) in [6.45, 7) is 0. The van der Waals surface area contributed by atoms with Gasteiger partial charge >= 0.3 is 0 Å². The van der Waals surface area contributed by atoms with Gasteiger partial charge in [-0.2, -0.15) is 0 Å². The van der Waals surface area contributed by atoms with Crippen molar-refractivity contribution in [2.24, 2.45) is 0 Å². The molecule has 0 fully saturated rings. The molecule has 0 amide bonds. The van der Waals surface area contributed by atoms with E-state index in [1.807, 2.05) is 0 Å². The highest BCUT2D eigenvalue weighted by molar-refractivity contribution is 5.92. The van der Waals surface area contributed by atoms with Crippen molar-refractivity contribution in [3.63, 3.8) is 0 Å². The molecule has 0 atom stereocenters. The smallest absolute Gasteiger partial charge is 0.197 e. The Bertz CT molecular complexity index is 839. The Labute approximate surface area is 98.7 Å². The minimum absolute atomic E-state index is 0.0911. The van der Waals surface area contributed by atoms with Gasteiger partial charge in [-0.05, 0) is 24.3 Å². The fourth-order valence-electron chi connectivity index (χ4n) is 1.98. The number of aromatic nitrogens is 1. The first-order chi connectivity index (χ1) is 8.56. The first-order valence-corrected chi connectivity index (χ1v) is 5.16. The van der Waals surface area contributed by atoms with Crippen molar-refractivity contribution >= 4 is 21.8 Å². The molecule has 3 aromatic rings. The van der Waals surface area contributed by atoms with Crippen LogP contribution in [0, 0.1) is 17.5 Å². The molecule has 0 saturated carbocycles. The van der Waals surface area contributed by atoms with Crippen LogP contribution in [-0.2, 0) is 0 Å². The summed E-state index contributed by atoms with van der Waals surface area (Å²) < 4.78 is 39.7. The molecule has 2 aromatic carbocycles. The Kier molecular flexibility index (Phi) is 2.16. The van der Waals surface area contributed by atoms with Gasteiger partial charge in [0.15, 0.2) is 5.43 Å². The molecule has 0 saturated heterocycles. The second kappa shape index (κ2) is 3.60. The zero-order valence-electron chi connectivity index (χ0n) is 8.93. The van der Waals surface area contributed by atoms with E-state index in [0.717, 1.165) is 18.2 Å². The number of hydrogen-bond acceptors (Lipinski definition) is 1. The molecule has 90 valence electrons. The molecule has 3 rings (SSSR count). The van der Waals surface area contributed by atoms with Gasteiger partial charge in [0.05, 0.1) is 16.4 Å². The standard InChI is InChI=1S/C13H6F3NO/c14-6-1-2-8-11(5-6)17-12-9(13(8)18)3-7(15)4-10(12)16/h1-5H,(H,17,18). The summed E-state index contributed by atoms with van der Waals surface area (Å²) in [6.07, 6.45) is 0. The van der Waals surface area contributed by atoms with E-state index in [1.54, 1.807) is 0 Å². The first-order valence-electron chi connectivity index (χ1n) is 5.16. The van der Waals surface area contributed by atoms with E-state index in [2.05, 4.69) is 4.98 Å². The van der Waals surface area contributed by atoms with Gasteiger partial charge in [0.2, 0.25) is 0 Å². The Morgan fingerprint density at radius 2 is 1.67 bits per heavy atom. The second-order valence-corrected chi connectivity index (χ2v) is 3.95. The molecule has 0 unspecified atom stereocenters. The Hall–Kier alpha value is -2.30. The predicted molar refractivity (Wildman–Crippen MR) is 61.9 cm³/mol. The minimum Gasteiger partial charge on any atom is -0.352 e. The summed E-state index contributed by atoms with van der Waals surface area (Å²) in [5, 5.41) is 0.0977. The maximum atomic E-state index is 13.6. The summed E-state index contributed by atoms with van der Waals surface area (Å²) in [4.78, 5) is 14.6. The quantitative estimate of drug-likeness (QED) is 0.610. The normalized spacial score (nSPS) is 11.3. The van der Waals surface area contributed by atoms with Crippen molar-refractivity contribution in [3.05, 3.63) is 58.0 Å². The molecule has 0 aliphatic heterocycles. The van der Waals surface area contributed by atoms with Crippen LogP contribution in [-0.4, -0.2) is 4.98 Å². The minimum atomic E-state index is -0.881. The molecule has 1 heterocycles. The van der Waals surface area contributed by atoms with Crippen LogP contribution < -0.4 is 5.43 Å². The summed E-state index contributed by atoms with van der Waals surface area (Å²) in [6, 6.07) is 5.13. The molecule has 0 spiro atoms. The summed E-state index contributed by atoms with van der Waals surface area (Å²) >= 11 is 0. The van der Waals surface area contributed by atoms with Crippen LogP contribution in [0.1, 0.15) is 0 Å². The maximum Gasteiger partial charge on any atom is 0.197 e. The van der Waals surface area contributed by atoms with Crippen LogP contribution in [0.4, 0.5) is 13.2 Å². The largest absolute Gasteiger partial charge is 0.352 e. The Morgan fingerprint density at radius 3 is 2.44 bits per heavy atom. The van der Waals surface area contributed by atoms with E-state index in [-0.39, 0.29) is 21.8 Å². The lowest BCUT2D eigenvalue weighted by molar-refractivity contribution is 0.590. The third kappa shape index (κ3) is 1.48. The fourth-order valence-corrected chi connectivity index (χ4v) is 1.98. The van der Waals surface area contributed by atoms with Crippen LogP contribution in [0.25, 0.3) is 21.8 Å². The number of pyridine rings is 1. The van der Waals surface area contributed by atoms with Gasteiger partial charge in [-0.15, -0.1) is 0 Å². The molecular formula is C13H6F3NO. The average molecular weight is 249 g/mol. The van der Waals surface area contributed by atoms with Gasteiger partial charge in [-0.25, -0.2) is 13.2 Å². The van der Waals surface area contributed by atoms with E-state index in [9.17, 15) is 18.0 Å². The first kappa shape index (κ1) is 10.8. The molecule has 2 nitrogen and oxygen atoms in total. The van der Waals surface area contributed by atoms with Crippen molar-refractivity contribution in [1.82, 2.24) is 4.98 Å². The number of aromatic amines is 1. The topological polar surface area (TPSA) is 32.9 Å². The van der Waals surface area contributed by atoms with Gasteiger partial charge < -0.3 is 4.98 Å². The SMILES string of the molecule is O=c1c2ccc(F)cc2[nH]c2c(F)cc(F)cc12. The zero-order valence-corrected chi connectivity index (χ0v) is 8.93. The lowest BCUT2D eigenvalue weighted by atomic mass is 10.1. The van der Waals surface area contributed by atoms with Crippen molar-refractivity contribution in [1.29, 1.82) is 0 Å². The van der Waals surface area contributed by atoms with Gasteiger partial charge in [0.25, 0.3) is 0 Å². The number of fused-ring (bicyclic) bond motifs is 2. The highest BCUT2D eigenvalue weighted by Crippen LogP contribution is 2.19. The molecule has 0 bridgehead atoms. The predicted octanol–water partition coefficient (Wildman–Crippen LogP) is 3.10. The third-order valence-corrected chi connectivity index (χ3v) is 2.79. The molecule has 0 radical (unpaired) electrons. The molecular weight excluding hydrogens is 243 g/mol. The van der Waals surface area contributed by atoms with Crippen LogP contribution >= 0.6 is 0 Å². The van der Waals surface area contributed by atoms with Gasteiger partial charge in [0.1, 0.15) is 17.5 Å². The van der Waals surface area contributed by atoms with Crippen LogP contribution in [0.5, 0.6) is 0 Å². The fraction of sp³-hybridized carbons (Fsp3) is 0. The molecule has 1 N–H and O–H groups in total. The van der Waals surface area contributed by atoms with Crippen molar-refractivity contribution in [2.75, 3.05) is 0 Å². The number of hydrogen-bond donors (Lipinski definition) is 1.